The Balaban J connectivity index is 0.00000200. The molecule has 0 spiro atoms. The highest BCUT2D eigenvalue weighted by atomic mass is 35.5. The Bertz CT molecular complexity index is 505. The first-order chi connectivity index (χ1) is 9.24. The predicted molar refractivity (Wildman–Crippen MR) is 86.4 cm³/mol. The fraction of sp³-hybridized carbons (Fsp3) is 0.250. The van der Waals surface area contributed by atoms with Crippen LogP contribution < -0.4 is 10.5 Å². The Morgan fingerprint density at radius 1 is 1.05 bits per heavy atom. The number of rotatable bonds is 6. The molecule has 0 aromatic heterocycles. The van der Waals surface area contributed by atoms with E-state index in [1.807, 2.05) is 48.5 Å². The zero-order valence-corrected chi connectivity index (χ0v) is 12.5. The Morgan fingerprint density at radius 2 is 1.80 bits per heavy atom. The van der Waals surface area contributed by atoms with Crippen LogP contribution in [0.3, 0.4) is 0 Å². The highest BCUT2D eigenvalue weighted by molar-refractivity contribution is 5.85. The topological polar surface area (TPSA) is 38.5 Å². The minimum absolute atomic E-state index is 0. The quantitative estimate of drug-likeness (QED) is 0.831. The molecule has 0 fully saturated rings. The van der Waals surface area contributed by atoms with Gasteiger partial charge in [0.2, 0.25) is 0 Å². The molecular formula is C16H21ClN2O. The maximum Gasteiger partial charge on any atom is 0.119 e. The third kappa shape index (κ3) is 5.51. The summed E-state index contributed by atoms with van der Waals surface area (Å²) in [6, 6.07) is 17.9. The Labute approximate surface area is 126 Å². The van der Waals surface area contributed by atoms with Crippen molar-refractivity contribution in [1.82, 2.24) is 4.90 Å². The number of hydrogen-bond donors (Lipinski definition) is 1. The average molecular weight is 293 g/mol. The van der Waals surface area contributed by atoms with E-state index in [9.17, 15) is 0 Å². The van der Waals surface area contributed by atoms with Gasteiger partial charge in [0.25, 0.3) is 0 Å². The number of anilines is 1. The molecule has 0 heterocycles. The summed E-state index contributed by atoms with van der Waals surface area (Å²) in [5, 5.41) is 0. The monoisotopic (exact) mass is 292 g/mol. The first kappa shape index (κ1) is 16.3. The van der Waals surface area contributed by atoms with E-state index in [0.29, 0.717) is 6.61 Å². The van der Waals surface area contributed by atoms with Gasteiger partial charge in [-0.25, -0.2) is 0 Å². The van der Waals surface area contributed by atoms with Gasteiger partial charge in [-0.1, -0.05) is 30.3 Å². The number of likely N-dealkylation sites (N-methyl/N-ethyl adjacent to an activating group) is 1. The molecule has 0 saturated carbocycles. The van der Waals surface area contributed by atoms with Gasteiger partial charge in [-0.05, 0) is 36.9 Å². The molecule has 2 N–H and O–H groups in total. The fourth-order valence-corrected chi connectivity index (χ4v) is 1.92. The van der Waals surface area contributed by atoms with Gasteiger partial charge in [-0.3, -0.25) is 4.90 Å². The minimum atomic E-state index is 0. The highest BCUT2D eigenvalue weighted by Gasteiger charge is 2.01. The smallest absolute Gasteiger partial charge is 0.119 e. The van der Waals surface area contributed by atoms with Crippen LogP contribution in [-0.2, 0) is 6.54 Å². The summed E-state index contributed by atoms with van der Waals surface area (Å²) in [4.78, 5) is 2.22. The molecule has 4 heteroatoms. The Morgan fingerprint density at radius 3 is 2.50 bits per heavy atom. The van der Waals surface area contributed by atoms with Gasteiger partial charge in [0.1, 0.15) is 12.4 Å². The summed E-state index contributed by atoms with van der Waals surface area (Å²) in [6.07, 6.45) is 0. The number of halogens is 1. The van der Waals surface area contributed by atoms with Crippen molar-refractivity contribution in [1.29, 1.82) is 0 Å². The number of para-hydroxylation sites is 1. The first-order valence-corrected chi connectivity index (χ1v) is 6.45. The molecule has 0 bridgehead atoms. The van der Waals surface area contributed by atoms with Crippen molar-refractivity contribution in [2.24, 2.45) is 0 Å². The summed E-state index contributed by atoms with van der Waals surface area (Å²) >= 11 is 0. The van der Waals surface area contributed by atoms with Crippen molar-refractivity contribution >= 4 is 18.1 Å². The lowest BCUT2D eigenvalue weighted by atomic mass is 10.2. The van der Waals surface area contributed by atoms with Crippen LogP contribution in [0.5, 0.6) is 5.75 Å². The second kappa shape index (κ2) is 8.46. The van der Waals surface area contributed by atoms with Gasteiger partial charge < -0.3 is 10.5 Å². The third-order valence-corrected chi connectivity index (χ3v) is 2.89. The van der Waals surface area contributed by atoms with Crippen LogP contribution in [-0.4, -0.2) is 25.1 Å². The molecule has 0 aliphatic rings. The van der Waals surface area contributed by atoms with E-state index in [4.69, 9.17) is 10.5 Å². The fourth-order valence-electron chi connectivity index (χ4n) is 1.92. The van der Waals surface area contributed by atoms with Gasteiger partial charge in [0, 0.05) is 18.8 Å². The van der Waals surface area contributed by atoms with E-state index in [-0.39, 0.29) is 12.4 Å². The van der Waals surface area contributed by atoms with E-state index in [1.54, 1.807) is 0 Å². The zero-order chi connectivity index (χ0) is 13.5. The normalized spacial score (nSPS) is 10.1. The molecule has 0 radical (unpaired) electrons. The largest absolute Gasteiger partial charge is 0.492 e. The summed E-state index contributed by atoms with van der Waals surface area (Å²) in [5.41, 5.74) is 7.80. The molecule has 0 amide bonds. The van der Waals surface area contributed by atoms with Crippen molar-refractivity contribution in [2.75, 3.05) is 25.9 Å². The number of nitrogen functional groups attached to an aromatic ring is 1. The van der Waals surface area contributed by atoms with E-state index in [1.165, 1.54) is 5.56 Å². The lowest BCUT2D eigenvalue weighted by molar-refractivity contribution is 0.233. The maximum absolute atomic E-state index is 5.77. The molecule has 2 rings (SSSR count). The summed E-state index contributed by atoms with van der Waals surface area (Å²) in [6.45, 7) is 2.44. The van der Waals surface area contributed by atoms with Crippen molar-refractivity contribution < 1.29 is 4.74 Å². The zero-order valence-electron chi connectivity index (χ0n) is 11.7. The molecule has 0 atom stereocenters. The molecule has 3 nitrogen and oxygen atoms in total. The number of nitrogens with two attached hydrogens (primary N) is 1. The number of nitrogens with zero attached hydrogens (tertiary/aromatic N) is 1. The van der Waals surface area contributed by atoms with Crippen molar-refractivity contribution in [2.45, 2.75) is 6.54 Å². The average Bonchev–Trinajstić information content (AvgIpc) is 2.40. The van der Waals surface area contributed by atoms with Crippen molar-refractivity contribution in [3.8, 4) is 5.75 Å². The minimum Gasteiger partial charge on any atom is -0.492 e. The van der Waals surface area contributed by atoms with E-state index in [2.05, 4.69) is 18.0 Å². The summed E-state index contributed by atoms with van der Waals surface area (Å²) in [7, 11) is 2.08. The number of ether oxygens (including phenoxy) is 1. The molecule has 0 aliphatic carbocycles. The summed E-state index contributed by atoms with van der Waals surface area (Å²) in [5.74, 6) is 0.917. The second-order valence-corrected chi connectivity index (χ2v) is 4.64. The lowest BCUT2D eigenvalue weighted by Gasteiger charge is -2.17. The van der Waals surface area contributed by atoms with Crippen molar-refractivity contribution in [3.05, 3.63) is 60.2 Å². The van der Waals surface area contributed by atoms with E-state index >= 15 is 0 Å². The van der Waals surface area contributed by atoms with Crippen LogP contribution in [0.1, 0.15) is 5.56 Å². The highest BCUT2D eigenvalue weighted by Crippen LogP contribution is 2.10. The molecule has 0 saturated heterocycles. The van der Waals surface area contributed by atoms with Crippen LogP contribution in [0.4, 0.5) is 5.69 Å². The van der Waals surface area contributed by atoms with Crippen LogP contribution in [0.15, 0.2) is 54.6 Å². The van der Waals surface area contributed by atoms with Gasteiger partial charge in [-0.15, -0.1) is 12.4 Å². The molecule has 20 heavy (non-hydrogen) atoms. The molecule has 0 unspecified atom stereocenters. The van der Waals surface area contributed by atoms with Gasteiger partial charge in [-0.2, -0.15) is 0 Å². The molecule has 2 aromatic carbocycles. The van der Waals surface area contributed by atoms with E-state index < -0.39 is 0 Å². The van der Waals surface area contributed by atoms with Crippen LogP contribution >= 0.6 is 12.4 Å². The van der Waals surface area contributed by atoms with Gasteiger partial charge in [0.05, 0.1) is 0 Å². The van der Waals surface area contributed by atoms with Crippen LogP contribution in [0, 0.1) is 0 Å². The standard InChI is InChI=1S/C16H20N2O.ClH/c1-18(13-14-6-5-7-15(17)12-14)10-11-19-16-8-3-2-4-9-16;/h2-9,12H,10-11,13,17H2,1H3;1H. The third-order valence-electron chi connectivity index (χ3n) is 2.89. The molecular weight excluding hydrogens is 272 g/mol. The first-order valence-electron chi connectivity index (χ1n) is 6.45. The molecule has 108 valence electrons. The SMILES string of the molecule is CN(CCOc1ccccc1)Cc1cccc(N)c1.Cl. The Hall–Kier alpha value is -1.71. The van der Waals surface area contributed by atoms with E-state index in [0.717, 1.165) is 24.5 Å². The predicted octanol–water partition coefficient (Wildman–Crippen LogP) is 3.20. The summed E-state index contributed by atoms with van der Waals surface area (Å²) < 4.78 is 5.67. The van der Waals surface area contributed by atoms with Crippen molar-refractivity contribution in [3.63, 3.8) is 0 Å². The Kier molecular flexibility index (Phi) is 6.91. The van der Waals surface area contributed by atoms with Crippen LogP contribution in [0.2, 0.25) is 0 Å². The second-order valence-electron chi connectivity index (χ2n) is 4.64. The maximum atomic E-state index is 5.77. The molecule has 0 aliphatic heterocycles. The molecule has 2 aromatic rings. The lowest BCUT2D eigenvalue weighted by Crippen LogP contribution is -2.23. The number of hydrogen-bond acceptors (Lipinski definition) is 3. The van der Waals surface area contributed by atoms with Gasteiger partial charge >= 0.3 is 0 Å². The van der Waals surface area contributed by atoms with Gasteiger partial charge in [0.15, 0.2) is 0 Å². The van der Waals surface area contributed by atoms with Crippen LogP contribution in [0.25, 0.3) is 0 Å². The number of benzene rings is 2.